The largest absolute Gasteiger partial charge is 0.416 e. The molecule has 0 radical (unpaired) electrons. The summed E-state index contributed by atoms with van der Waals surface area (Å²) in [7, 11) is 0. The predicted octanol–water partition coefficient (Wildman–Crippen LogP) is 2.93. The zero-order valence-corrected chi connectivity index (χ0v) is 14.8. The first-order valence-corrected chi connectivity index (χ1v) is 8.40. The van der Waals surface area contributed by atoms with Crippen molar-refractivity contribution in [3.05, 3.63) is 64.7 Å². The van der Waals surface area contributed by atoms with Crippen LogP contribution < -0.4 is 15.8 Å². The molecular formula is C18H13ClF3N3O3. The van der Waals surface area contributed by atoms with E-state index in [0.717, 1.165) is 18.2 Å². The van der Waals surface area contributed by atoms with E-state index in [1.54, 1.807) is 12.1 Å². The van der Waals surface area contributed by atoms with Gasteiger partial charge < -0.3 is 0 Å². The highest BCUT2D eigenvalue weighted by atomic mass is 35.5. The maximum absolute atomic E-state index is 12.9. The van der Waals surface area contributed by atoms with Crippen molar-refractivity contribution in [2.24, 2.45) is 0 Å². The lowest BCUT2D eigenvalue weighted by Gasteiger charge is -2.17. The van der Waals surface area contributed by atoms with Crippen LogP contribution in [0.5, 0.6) is 0 Å². The van der Waals surface area contributed by atoms with E-state index < -0.39 is 35.5 Å². The van der Waals surface area contributed by atoms with Crippen LogP contribution in [-0.4, -0.2) is 23.8 Å². The number of carbonyl (C=O) groups is 3. The van der Waals surface area contributed by atoms with Crippen LogP contribution in [0.1, 0.15) is 22.3 Å². The number of imide groups is 1. The number of benzene rings is 2. The summed E-state index contributed by atoms with van der Waals surface area (Å²) in [5, 5.41) is 0.343. The fraction of sp³-hybridized carbons (Fsp3) is 0.167. The molecule has 0 spiro atoms. The molecule has 0 aliphatic carbocycles. The second kappa shape index (κ2) is 7.61. The molecule has 146 valence electrons. The number of carbonyl (C=O) groups excluding carboxylic acids is 3. The van der Waals surface area contributed by atoms with Crippen LogP contribution in [0, 0.1) is 0 Å². The molecule has 1 heterocycles. The van der Waals surface area contributed by atoms with E-state index in [0.29, 0.717) is 9.92 Å². The van der Waals surface area contributed by atoms with Gasteiger partial charge in [-0.15, -0.1) is 0 Å². The molecule has 1 aliphatic rings. The standard InChI is InChI=1S/C18H13ClF3N3O3/c19-12-5-1-3-10(7-12)16(27)24-23-14-9-15(26)25(17(14)28)13-6-2-4-11(8-13)18(20,21)22/h1-8,14,23H,9H2,(H,24,27)/t14-/m0/s1. The topological polar surface area (TPSA) is 78.5 Å². The number of hydrogen-bond donors (Lipinski definition) is 2. The van der Waals surface area contributed by atoms with Gasteiger partial charge in [-0.25, -0.2) is 10.3 Å². The fourth-order valence-corrected chi connectivity index (χ4v) is 2.88. The molecule has 6 nitrogen and oxygen atoms in total. The van der Waals surface area contributed by atoms with Gasteiger partial charge in [-0.2, -0.15) is 13.2 Å². The molecule has 3 amide bonds. The van der Waals surface area contributed by atoms with Crippen molar-refractivity contribution in [3.63, 3.8) is 0 Å². The van der Waals surface area contributed by atoms with Gasteiger partial charge in [0, 0.05) is 10.6 Å². The SMILES string of the molecule is O=C(NN[C@H]1CC(=O)N(c2cccc(C(F)(F)F)c2)C1=O)c1cccc(Cl)c1. The highest BCUT2D eigenvalue weighted by Gasteiger charge is 2.40. The van der Waals surface area contributed by atoms with E-state index in [1.807, 2.05) is 0 Å². The normalized spacial score (nSPS) is 17.1. The number of nitrogens with one attached hydrogen (secondary N) is 2. The van der Waals surface area contributed by atoms with E-state index in [1.165, 1.54) is 18.2 Å². The lowest BCUT2D eigenvalue weighted by Crippen LogP contribution is -2.48. The van der Waals surface area contributed by atoms with Crippen LogP contribution in [0.15, 0.2) is 48.5 Å². The molecule has 2 N–H and O–H groups in total. The zero-order valence-electron chi connectivity index (χ0n) is 14.1. The van der Waals surface area contributed by atoms with Crippen molar-refractivity contribution < 1.29 is 27.6 Å². The Morgan fingerprint density at radius 1 is 1.11 bits per heavy atom. The summed E-state index contributed by atoms with van der Waals surface area (Å²) in [6.45, 7) is 0. The van der Waals surface area contributed by atoms with Crippen LogP contribution in [-0.2, 0) is 15.8 Å². The zero-order chi connectivity index (χ0) is 20.5. The Balaban J connectivity index is 1.71. The van der Waals surface area contributed by atoms with E-state index in [-0.39, 0.29) is 17.7 Å². The molecule has 1 atom stereocenters. The van der Waals surface area contributed by atoms with Crippen molar-refractivity contribution in [1.82, 2.24) is 10.9 Å². The second-order valence-corrected chi connectivity index (χ2v) is 6.42. The van der Waals surface area contributed by atoms with Crippen molar-refractivity contribution >= 4 is 35.0 Å². The Bertz CT molecular complexity index is 949. The minimum Gasteiger partial charge on any atom is -0.287 e. The molecule has 0 aromatic heterocycles. The van der Waals surface area contributed by atoms with Crippen LogP contribution in [0.2, 0.25) is 5.02 Å². The van der Waals surface area contributed by atoms with Crippen molar-refractivity contribution in [2.75, 3.05) is 4.90 Å². The third-order valence-corrected chi connectivity index (χ3v) is 4.26. The first-order chi connectivity index (χ1) is 13.2. The molecule has 3 rings (SSSR count). The van der Waals surface area contributed by atoms with Gasteiger partial charge in [0.15, 0.2) is 0 Å². The summed E-state index contributed by atoms with van der Waals surface area (Å²) in [5.41, 5.74) is 3.81. The summed E-state index contributed by atoms with van der Waals surface area (Å²) < 4.78 is 38.6. The quantitative estimate of drug-likeness (QED) is 0.599. The van der Waals surface area contributed by atoms with Gasteiger partial charge in [0.1, 0.15) is 6.04 Å². The monoisotopic (exact) mass is 411 g/mol. The fourth-order valence-electron chi connectivity index (χ4n) is 2.69. The number of nitrogens with zero attached hydrogens (tertiary/aromatic N) is 1. The predicted molar refractivity (Wildman–Crippen MR) is 94.4 cm³/mol. The van der Waals surface area contributed by atoms with Gasteiger partial charge in [0.2, 0.25) is 5.91 Å². The van der Waals surface area contributed by atoms with Gasteiger partial charge in [0.05, 0.1) is 17.7 Å². The number of halogens is 4. The maximum Gasteiger partial charge on any atom is 0.416 e. The van der Waals surface area contributed by atoms with E-state index in [4.69, 9.17) is 11.6 Å². The molecule has 10 heteroatoms. The van der Waals surface area contributed by atoms with E-state index in [2.05, 4.69) is 10.9 Å². The van der Waals surface area contributed by atoms with Crippen molar-refractivity contribution in [3.8, 4) is 0 Å². The first kappa shape index (κ1) is 19.8. The summed E-state index contributed by atoms with van der Waals surface area (Å²) in [6.07, 6.45) is -4.92. The van der Waals surface area contributed by atoms with Crippen LogP contribution >= 0.6 is 11.6 Å². The molecule has 0 saturated carbocycles. The second-order valence-electron chi connectivity index (χ2n) is 5.98. The molecule has 0 unspecified atom stereocenters. The molecule has 1 aliphatic heterocycles. The Hall–Kier alpha value is -2.91. The minimum atomic E-state index is -4.61. The average molecular weight is 412 g/mol. The number of rotatable bonds is 4. The lowest BCUT2D eigenvalue weighted by molar-refractivity contribution is -0.137. The van der Waals surface area contributed by atoms with Gasteiger partial charge in [-0.1, -0.05) is 23.7 Å². The molecule has 1 saturated heterocycles. The van der Waals surface area contributed by atoms with Crippen LogP contribution in [0.3, 0.4) is 0 Å². The van der Waals surface area contributed by atoms with Crippen LogP contribution in [0.25, 0.3) is 0 Å². The molecule has 2 aromatic carbocycles. The minimum absolute atomic E-state index is 0.185. The molecular weight excluding hydrogens is 399 g/mol. The van der Waals surface area contributed by atoms with Gasteiger partial charge in [-0.05, 0) is 36.4 Å². The Kier molecular flexibility index (Phi) is 5.39. The maximum atomic E-state index is 12.9. The smallest absolute Gasteiger partial charge is 0.287 e. The number of hydrazine groups is 1. The number of hydrogen-bond acceptors (Lipinski definition) is 4. The van der Waals surface area contributed by atoms with Gasteiger partial charge >= 0.3 is 6.18 Å². The third-order valence-electron chi connectivity index (χ3n) is 4.03. The first-order valence-electron chi connectivity index (χ1n) is 8.02. The molecule has 0 bridgehead atoms. The van der Waals surface area contributed by atoms with Gasteiger partial charge in [0.25, 0.3) is 11.8 Å². The highest BCUT2D eigenvalue weighted by molar-refractivity contribution is 6.31. The number of alkyl halides is 3. The Labute approximate surface area is 162 Å². The lowest BCUT2D eigenvalue weighted by atomic mass is 10.2. The summed E-state index contributed by atoms with van der Waals surface area (Å²) in [5.74, 6) is -2.03. The summed E-state index contributed by atoms with van der Waals surface area (Å²) >= 11 is 5.80. The van der Waals surface area contributed by atoms with Crippen molar-refractivity contribution in [2.45, 2.75) is 18.6 Å². The van der Waals surface area contributed by atoms with Crippen LogP contribution in [0.4, 0.5) is 18.9 Å². The highest BCUT2D eigenvalue weighted by Crippen LogP contribution is 2.33. The molecule has 1 fully saturated rings. The Morgan fingerprint density at radius 3 is 2.50 bits per heavy atom. The van der Waals surface area contributed by atoms with E-state index >= 15 is 0 Å². The average Bonchev–Trinajstić information content (AvgIpc) is 2.92. The van der Waals surface area contributed by atoms with E-state index in [9.17, 15) is 27.6 Å². The Morgan fingerprint density at radius 2 is 1.82 bits per heavy atom. The third kappa shape index (κ3) is 4.15. The summed E-state index contributed by atoms with van der Waals surface area (Å²) in [4.78, 5) is 37.4. The molecule has 2 aromatic rings. The van der Waals surface area contributed by atoms with Crippen molar-refractivity contribution in [1.29, 1.82) is 0 Å². The molecule has 28 heavy (non-hydrogen) atoms. The number of anilines is 1. The summed E-state index contributed by atoms with van der Waals surface area (Å²) in [6, 6.07) is 8.87. The van der Waals surface area contributed by atoms with Gasteiger partial charge in [-0.3, -0.25) is 19.8 Å². The number of amides is 3.